The molecule has 1 aromatic carbocycles. The molecule has 1 heterocycles. The number of nitrogens with zero attached hydrogens (tertiary/aromatic N) is 1. The van der Waals surface area contributed by atoms with Crippen LogP contribution in [0.15, 0.2) is 30.3 Å². The van der Waals surface area contributed by atoms with Gasteiger partial charge in [0.05, 0.1) is 6.61 Å². The Hall–Kier alpha value is -2.08. The van der Waals surface area contributed by atoms with Gasteiger partial charge in [-0.2, -0.15) is 0 Å². The van der Waals surface area contributed by atoms with E-state index in [-0.39, 0.29) is 18.1 Å². The number of hydrogen-bond donors (Lipinski definition) is 2. The number of para-hydroxylation sites is 1. The number of nitrogens with one attached hydrogen (secondary N) is 1. The number of anilines is 1. The largest absolute Gasteiger partial charge is 0.461 e. The van der Waals surface area contributed by atoms with Gasteiger partial charge in [0.15, 0.2) is 10.5 Å². The van der Waals surface area contributed by atoms with Gasteiger partial charge in [0, 0.05) is 5.69 Å². The summed E-state index contributed by atoms with van der Waals surface area (Å²) in [5.41, 5.74) is 6.92. The SMILES string of the molecule is CCOC(=O)c1[nH]c(=S)n(-c2ccccc2)c1N. The van der Waals surface area contributed by atoms with E-state index in [1.807, 2.05) is 30.3 Å². The number of carbonyl (C=O) groups is 1. The molecule has 0 aliphatic rings. The van der Waals surface area contributed by atoms with Crippen LogP contribution in [0.5, 0.6) is 0 Å². The number of H-pyrrole nitrogens is 1. The van der Waals surface area contributed by atoms with Crippen molar-refractivity contribution in [2.75, 3.05) is 12.3 Å². The standard InChI is InChI=1S/C12H13N3O2S/c1-2-17-11(16)9-10(13)15(12(18)14-9)8-6-4-3-5-7-8/h3-7H,2,13H2,1H3,(H,14,18). The average molecular weight is 263 g/mol. The molecule has 0 fully saturated rings. The fourth-order valence-corrected chi connectivity index (χ4v) is 1.95. The van der Waals surface area contributed by atoms with Crippen molar-refractivity contribution in [3.05, 3.63) is 40.8 Å². The zero-order chi connectivity index (χ0) is 13.1. The van der Waals surface area contributed by atoms with Crippen LogP contribution < -0.4 is 5.73 Å². The number of benzene rings is 1. The Morgan fingerprint density at radius 2 is 2.11 bits per heavy atom. The second-order valence-corrected chi connectivity index (χ2v) is 3.97. The molecule has 5 nitrogen and oxygen atoms in total. The summed E-state index contributed by atoms with van der Waals surface area (Å²) in [4.78, 5) is 14.4. The van der Waals surface area contributed by atoms with E-state index in [1.54, 1.807) is 11.5 Å². The lowest BCUT2D eigenvalue weighted by Gasteiger charge is -2.05. The highest BCUT2D eigenvalue weighted by Crippen LogP contribution is 2.19. The quantitative estimate of drug-likeness (QED) is 0.658. The Balaban J connectivity index is 2.52. The molecule has 94 valence electrons. The van der Waals surface area contributed by atoms with Crippen molar-refractivity contribution in [1.82, 2.24) is 9.55 Å². The molecule has 6 heteroatoms. The Kier molecular flexibility index (Phi) is 3.47. The Morgan fingerprint density at radius 3 is 2.72 bits per heavy atom. The molecule has 0 spiro atoms. The lowest BCUT2D eigenvalue weighted by atomic mass is 10.3. The number of nitrogens with two attached hydrogens (primary N) is 1. The Morgan fingerprint density at radius 1 is 1.44 bits per heavy atom. The van der Waals surface area contributed by atoms with E-state index >= 15 is 0 Å². The average Bonchev–Trinajstić information content (AvgIpc) is 2.66. The highest BCUT2D eigenvalue weighted by Gasteiger charge is 2.17. The minimum atomic E-state index is -0.504. The summed E-state index contributed by atoms with van der Waals surface area (Å²) >= 11 is 5.17. The first-order valence-corrected chi connectivity index (χ1v) is 5.89. The van der Waals surface area contributed by atoms with Gasteiger partial charge in [0.1, 0.15) is 5.82 Å². The van der Waals surface area contributed by atoms with Crippen LogP contribution in [0.1, 0.15) is 17.4 Å². The van der Waals surface area contributed by atoms with Crippen LogP contribution in [0, 0.1) is 4.77 Å². The van der Waals surface area contributed by atoms with E-state index in [4.69, 9.17) is 22.7 Å². The maximum atomic E-state index is 11.7. The summed E-state index contributed by atoms with van der Waals surface area (Å²) in [5.74, 6) is -0.250. The molecule has 0 unspecified atom stereocenters. The molecular weight excluding hydrogens is 250 g/mol. The van der Waals surface area contributed by atoms with Crippen molar-refractivity contribution in [2.24, 2.45) is 0 Å². The summed E-state index contributed by atoms with van der Waals surface area (Å²) in [5, 5.41) is 0. The minimum Gasteiger partial charge on any atom is -0.461 e. The van der Waals surface area contributed by atoms with Gasteiger partial charge in [-0.1, -0.05) is 18.2 Å². The summed E-state index contributed by atoms with van der Waals surface area (Å²) in [7, 11) is 0. The van der Waals surface area contributed by atoms with E-state index in [1.165, 1.54) is 0 Å². The van der Waals surface area contributed by atoms with E-state index in [0.29, 0.717) is 4.77 Å². The number of aromatic amines is 1. The third-order valence-corrected chi connectivity index (χ3v) is 2.71. The maximum absolute atomic E-state index is 11.7. The highest BCUT2D eigenvalue weighted by atomic mass is 32.1. The molecular formula is C12H13N3O2S. The summed E-state index contributed by atoms with van der Waals surface area (Å²) in [6, 6.07) is 9.34. The van der Waals surface area contributed by atoms with Crippen LogP contribution in [0.4, 0.5) is 5.82 Å². The van der Waals surface area contributed by atoms with Crippen LogP contribution in [0.3, 0.4) is 0 Å². The van der Waals surface area contributed by atoms with Crippen LogP contribution in [-0.2, 0) is 4.74 Å². The third-order valence-electron chi connectivity index (χ3n) is 2.43. The van der Waals surface area contributed by atoms with E-state index in [9.17, 15) is 4.79 Å². The first-order chi connectivity index (χ1) is 8.65. The monoisotopic (exact) mass is 263 g/mol. The Labute approximate surface area is 109 Å². The normalized spacial score (nSPS) is 10.3. The predicted molar refractivity (Wildman–Crippen MR) is 71.3 cm³/mol. The number of aromatic nitrogens is 2. The van der Waals surface area contributed by atoms with Gasteiger partial charge in [-0.3, -0.25) is 4.57 Å². The lowest BCUT2D eigenvalue weighted by molar-refractivity contribution is 0.0521. The van der Waals surface area contributed by atoms with Crippen molar-refractivity contribution in [2.45, 2.75) is 6.92 Å². The zero-order valence-corrected chi connectivity index (χ0v) is 10.7. The molecule has 1 aromatic heterocycles. The molecule has 0 atom stereocenters. The first kappa shape index (κ1) is 12.4. The lowest BCUT2D eigenvalue weighted by Crippen LogP contribution is -2.09. The number of hydrogen-bond acceptors (Lipinski definition) is 4. The minimum absolute atomic E-state index is 0.186. The number of nitrogen functional groups attached to an aromatic ring is 1. The third kappa shape index (κ3) is 2.14. The van der Waals surface area contributed by atoms with Gasteiger partial charge in [0.2, 0.25) is 0 Å². The number of carbonyl (C=O) groups excluding carboxylic acids is 1. The molecule has 0 aliphatic heterocycles. The first-order valence-electron chi connectivity index (χ1n) is 5.48. The zero-order valence-electron chi connectivity index (χ0n) is 9.84. The molecule has 18 heavy (non-hydrogen) atoms. The molecule has 0 bridgehead atoms. The highest BCUT2D eigenvalue weighted by molar-refractivity contribution is 7.71. The Bertz CT molecular complexity index is 616. The number of imidazole rings is 1. The topological polar surface area (TPSA) is 73.0 Å². The molecule has 0 amide bonds. The molecule has 3 N–H and O–H groups in total. The fraction of sp³-hybridized carbons (Fsp3) is 0.167. The van der Waals surface area contributed by atoms with Gasteiger partial charge >= 0.3 is 5.97 Å². The summed E-state index contributed by atoms with van der Waals surface area (Å²) < 4.78 is 6.86. The number of esters is 1. The van der Waals surface area contributed by atoms with Gasteiger partial charge < -0.3 is 15.5 Å². The molecule has 2 rings (SSSR count). The second kappa shape index (κ2) is 5.05. The van der Waals surface area contributed by atoms with Crippen LogP contribution >= 0.6 is 12.2 Å². The van der Waals surface area contributed by atoms with Crippen molar-refractivity contribution in [3.8, 4) is 5.69 Å². The molecule has 2 aromatic rings. The van der Waals surface area contributed by atoms with Gasteiger partial charge in [-0.05, 0) is 31.3 Å². The van der Waals surface area contributed by atoms with Crippen LogP contribution in [0.25, 0.3) is 5.69 Å². The van der Waals surface area contributed by atoms with Crippen LogP contribution in [-0.4, -0.2) is 22.1 Å². The van der Waals surface area contributed by atoms with Crippen molar-refractivity contribution < 1.29 is 9.53 Å². The van der Waals surface area contributed by atoms with Crippen LogP contribution in [0.2, 0.25) is 0 Å². The molecule has 0 saturated carbocycles. The summed E-state index contributed by atoms with van der Waals surface area (Å²) in [6.07, 6.45) is 0. The van der Waals surface area contributed by atoms with Gasteiger partial charge in [0.25, 0.3) is 0 Å². The van der Waals surface area contributed by atoms with E-state index in [0.717, 1.165) is 5.69 Å². The van der Waals surface area contributed by atoms with Crippen molar-refractivity contribution in [1.29, 1.82) is 0 Å². The molecule has 0 radical (unpaired) electrons. The molecule has 0 saturated heterocycles. The van der Waals surface area contributed by atoms with Crippen molar-refractivity contribution in [3.63, 3.8) is 0 Å². The van der Waals surface area contributed by atoms with Gasteiger partial charge in [-0.25, -0.2) is 4.79 Å². The number of rotatable bonds is 3. The van der Waals surface area contributed by atoms with E-state index in [2.05, 4.69) is 4.98 Å². The fourth-order valence-electron chi connectivity index (χ4n) is 1.64. The maximum Gasteiger partial charge on any atom is 0.358 e. The van der Waals surface area contributed by atoms with E-state index < -0.39 is 5.97 Å². The smallest absolute Gasteiger partial charge is 0.358 e. The second-order valence-electron chi connectivity index (χ2n) is 3.58. The van der Waals surface area contributed by atoms with Crippen molar-refractivity contribution >= 4 is 24.0 Å². The molecule has 0 aliphatic carbocycles. The van der Waals surface area contributed by atoms with Gasteiger partial charge in [-0.15, -0.1) is 0 Å². The summed E-state index contributed by atoms with van der Waals surface area (Å²) in [6.45, 7) is 2.02. The number of ether oxygens (including phenoxy) is 1. The predicted octanol–water partition coefficient (Wildman–Crippen LogP) is 2.29.